The lowest BCUT2D eigenvalue weighted by atomic mass is 10.2. The van der Waals surface area contributed by atoms with Gasteiger partial charge in [0.15, 0.2) is 5.65 Å². The van der Waals surface area contributed by atoms with Crippen LogP contribution in [0.3, 0.4) is 0 Å². The Kier molecular flexibility index (Phi) is 2.30. The first kappa shape index (κ1) is 9.68. The normalized spacial score (nSPS) is 25.3. The monoisotopic (exact) mass is 219 g/mol. The molecule has 0 amide bonds. The maximum Gasteiger partial charge on any atom is 0.165 e. The fraction of sp³-hybridized carbons (Fsp3) is 0.500. The summed E-state index contributed by atoms with van der Waals surface area (Å²) in [6.07, 6.45) is 7.09. The van der Waals surface area contributed by atoms with Crippen molar-refractivity contribution < 1.29 is 4.74 Å². The predicted molar refractivity (Wildman–Crippen MR) is 57.5 cm³/mol. The highest BCUT2D eigenvalue weighted by Crippen LogP contribution is 2.29. The third-order valence-corrected chi connectivity index (χ3v) is 2.90. The van der Waals surface area contributed by atoms with E-state index in [-0.39, 0.29) is 12.3 Å². The van der Waals surface area contributed by atoms with Gasteiger partial charge < -0.3 is 10.5 Å². The zero-order chi connectivity index (χ0) is 11.0. The quantitative estimate of drug-likeness (QED) is 0.794. The van der Waals surface area contributed by atoms with E-state index in [1.54, 1.807) is 12.5 Å². The summed E-state index contributed by atoms with van der Waals surface area (Å²) in [6, 6.07) is 0. The van der Waals surface area contributed by atoms with E-state index >= 15 is 0 Å². The SMILES string of the molecule is NC[C@@H]1CC[C@H](n2cnc3cncnc32)O1. The molecule has 1 saturated heterocycles. The first-order valence-electron chi connectivity index (χ1n) is 5.36. The molecule has 0 spiro atoms. The van der Waals surface area contributed by atoms with Gasteiger partial charge in [-0.15, -0.1) is 0 Å². The third-order valence-electron chi connectivity index (χ3n) is 2.90. The van der Waals surface area contributed by atoms with Crippen molar-refractivity contribution in [3.8, 4) is 0 Å². The van der Waals surface area contributed by atoms with Gasteiger partial charge in [-0.3, -0.25) is 4.57 Å². The molecule has 1 aliphatic rings. The molecule has 3 heterocycles. The van der Waals surface area contributed by atoms with Crippen LogP contribution in [-0.2, 0) is 4.74 Å². The van der Waals surface area contributed by atoms with Crippen molar-refractivity contribution in [2.24, 2.45) is 5.73 Å². The minimum Gasteiger partial charge on any atom is -0.353 e. The molecule has 2 atom stereocenters. The first-order valence-corrected chi connectivity index (χ1v) is 5.36. The summed E-state index contributed by atoms with van der Waals surface area (Å²) in [5.41, 5.74) is 7.20. The number of imidazole rings is 1. The van der Waals surface area contributed by atoms with Gasteiger partial charge in [0.05, 0.1) is 18.6 Å². The van der Waals surface area contributed by atoms with E-state index in [1.807, 2.05) is 4.57 Å². The van der Waals surface area contributed by atoms with Gasteiger partial charge in [-0.05, 0) is 12.8 Å². The van der Waals surface area contributed by atoms with Crippen LogP contribution in [0.25, 0.3) is 11.2 Å². The Morgan fingerprint density at radius 2 is 2.38 bits per heavy atom. The van der Waals surface area contributed by atoms with Crippen molar-refractivity contribution in [1.29, 1.82) is 0 Å². The second kappa shape index (κ2) is 3.80. The lowest BCUT2D eigenvalue weighted by Gasteiger charge is -2.13. The largest absolute Gasteiger partial charge is 0.353 e. The maximum absolute atomic E-state index is 5.80. The predicted octanol–water partition coefficient (Wildman–Crippen LogP) is 0.463. The number of nitrogens with zero attached hydrogens (tertiary/aromatic N) is 4. The van der Waals surface area contributed by atoms with Gasteiger partial charge in [0, 0.05) is 6.54 Å². The van der Waals surface area contributed by atoms with E-state index in [9.17, 15) is 0 Å². The number of ether oxygens (including phenoxy) is 1. The molecule has 84 valence electrons. The van der Waals surface area contributed by atoms with Gasteiger partial charge >= 0.3 is 0 Å². The van der Waals surface area contributed by atoms with Crippen molar-refractivity contribution in [1.82, 2.24) is 19.5 Å². The number of hydrogen-bond acceptors (Lipinski definition) is 5. The number of hydrogen-bond donors (Lipinski definition) is 1. The van der Waals surface area contributed by atoms with E-state index in [0.717, 1.165) is 24.0 Å². The second-order valence-corrected chi connectivity index (χ2v) is 3.91. The molecule has 3 rings (SSSR count). The zero-order valence-electron chi connectivity index (χ0n) is 8.78. The van der Waals surface area contributed by atoms with Crippen LogP contribution in [0.4, 0.5) is 0 Å². The van der Waals surface area contributed by atoms with Gasteiger partial charge in [0.25, 0.3) is 0 Å². The minimum absolute atomic E-state index is 0.00782. The van der Waals surface area contributed by atoms with Crippen molar-refractivity contribution in [3.05, 3.63) is 18.9 Å². The summed E-state index contributed by atoms with van der Waals surface area (Å²) in [5.74, 6) is 0. The molecular weight excluding hydrogens is 206 g/mol. The highest BCUT2D eigenvalue weighted by molar-refractivity contribution is 5.68. The average molecular weight is 219 g/mol. The Morgan fingerprint density at radius 3 is 3.19 bits per heavy atom. The van der Waals surface area contributed by atoms with Crippen LogP contribution in [0.5, 0.6) is 0 Å². The molecule has 0 aromatic carbocycles. The van der Waals surface area contributed by atoms with E-state index < -0.39 is 0 Å². The van der Waals surface area contributed by atoms with E-state index in [1.165, 1.54) is 6.33 Å². The lowest BCUT2D eigenvalue weighted by molar-refractivity contribution is 0.00866. The molecule has 2 aromatic rings. The number of nitrogens with two attached hydrogens (primary N) is 1. The molecule has 6 nitrogen and oxygen atoms in total. The Balaban J connectivity index is 1.95. The number of aromatic nitrogens is 4. The first-order chi connectivity index (χ1) is 7.88. The molecule has 0 aliphatic carbocycles. The molecule has 2 aromatic heterocycles. The fourth-order valence-corrected chi connectivity index (χ4v) is 2.06. The van der Waals surface area contributed by atoms with Crippen LogP contribution in [0.1, 0.15) is 19.1 Å². The van der Waals surface area contributed by atoms with E-state index in [4.69, 9.17) is 10.5 Å². The van der Waals surface area contributed by atoms with Crippen LogP contribution in [-0.4, -0.2) is 32.2 Å². The van der Waals surface area contributed by atoms with Gasteiger partial charge in [-0.2, -0.15) is 0 Å². The average Bonchev–Trinajstić information content (AvgIpc) is 2.94. The Morgan fingerprint density at radius 1 is 1.44 bits per heavy atom. The highest BCUT2D eigenvalue weighted by atomic mass is 16.5. The number of rotatable bonds is 2. The molecule has 0 unspecified atom stereocenters. The summed E-state index contributed by atoms with van der Waals surface area (Å²) < 4.78 is 7.75. The summed E-state index contributed by atoms with van der Waals surface area (Å²) in [6.45, 7) is 0.568. The van der Waals surface area contributed by atoms with Gasteiger partial charge in [-0.1, -0.05) is 0 Å². The summed E-state index contributed by atoms with van der Waals surface area (Å²) in [5, 5.41) is 0. The molecule has 1 fully saturated rings. The second-order valence-electron chi connectivity index (χ2n) is 3.91. The summed E-state index contributed by atoms with van der Waals surface area (Å²) >= 11 is 0. The van der Waals surface area contributed by atoms with Crippen molar-refractivity contribution in [3.63, 3.8) is 0 Å². The van der Waals surface area contributed by atoms with Crippen molar-refractivity contribution in [2.45, 2.75) is 25.2 Å². The Hall–Kier alpha value is -1.53. The Bertz CT molecular complexity index is 497. The third kappa shape index (κ3) is 1.46. The van der Waals surface area contributed by atoms with Gasteiger partial charge in [0.1, 0.15) is 18.1 Å². The van der Waals surface area contributed by atoms with Crippen LogP contribution < -0.4 is 5.73 Å². The van der Waals surface area contributed by atoms with Crippen LogP contribution in [0, 0.1) is 0 Å². The molecule has 6 heteroatoms. The fourth-order valence-electron chi connectivity index (χ4n) is 2.06. The molecule has 16 heavy (non-hydrogen) atoms. The minimum atomic E-state index is 0.00782. The molecule has 1 aliphatic heterocycles. The highest BCUT2D eigenvalue weighted by Gasteiger charge is 2.26. The van der Waals surface area contributed by atoms with Crippen LogP contribution >= 0.6 is 0 Å². The molecular formula is C10H13N5O. The zero-order valence-corrected chi connectivity index (χ0v) is 8.78. The molecule has 2 N–H and O–H groups in total. The van der Waals surface area contributed by atoms with E-state index in [2.05, 4.69) is 15.0 Å². The molecule has 0 bridgehead atoms. The van der Waals surface area contributed by atoms with Crippen molar-refractivity contribution >= 4 is 11.2 Å². The standard InChI is InChI=1S/C10H13N5O/c11-3-7-1-2-9(16-7)15-6-14-8-4-12-5-13-10(8)15/h4-7,9H,1-3,11H2/t7-,9+/m0/s1. The Labute approximate surface area is 92.5 Å². The smallest absolute Gasteiger partial charge is 0.165 e. The molecule has 0 radical (unpaired) electrons. The topological polar surface area (TPSA) is 78.9 Å². The summed E-state index contributed by atoms with van der Waals surface area (Å²) in [4.78, 5) is 12.4. The van der Waals surface area contributed by atoms with Crippen molar-refractivity contribution in [2.75, 3.05) is 6.54 Å². The van der Waals surface area contributed by atoms with Gasteiger partial charge in [-0.25, -0.2) is 15.0 Å². The number of fused-ring (bicyclic) bond motifs is 1. The van der Waals surface area contributed by atoms with E-state index in [0.29, 0.717) is 6.54 Å². The molecule has 0 saturated carbocycles. The lowest BCUT2D eigenvalue weighted by Crippen LogP contribution is -2.20. The van der Waals surface area contributed by atoms with Gasteiger partial charge in [0.2, 0.25) is 0 Å². The maximum atomic E-state index is 5.80. The van der Waals surface area contributed by atoms with Crippen LogP contribution in [0.2, 0.25) is 0 Å². The van der Waals surface area contributed by atoms with Crippen LogP contribution in [0.15, 0.2) is 18.9 Å². The summed E-state index contributed by atoms with van der Waals surface area (Å²) in [7, 11) is 0.